The third-order valence-electron chi connectivity index (χ3n) is 4.71. The minimum Gasteiger partial charge on any atom is -0.300 e. The number of hydrogen-bond donors (Lipinski definition) is 0. The third kappa shape index (κ3) is 4.04. The van der Waals surface area contributed by atoms with Crippen molar-refractivity contribution in [3.8, 4) is 6.07 Å². The number of likely N-dealkylation sites (tertiary alicyclic amines) is 1. The molecule has 1 aliphatic heterocycles. The van der Waals surface area contributed by atoms with E-state index in [1.807, 2.05) is 0 Å². The number of rotatable bonds is 5. The van der Waals surface area contributed by atoms with Crippen LogP contribution in [0.15, 0.2) is 0 Å². The van der Waals surface area contributed by atoms with Gasteiger partial charge in [-0.25, -0.2) is 0 Å². The topological polar surface area (TPSA) is 44.1 Å². The highest BCUT2D eigenvalue weighted by Gasteiger charge is 2.34. The molecule has 2 fully saturated rings. The van der Waals surface area contributed by atoms with Crippen molar-refractivity contribution in [2.75, 3.05) is 13.1 Å². The molecule has 1 heterocycles. The Balaban J connectivity index is 1.87. The first-order valence-corrected chi connectivity index (χ1v) is 7.96. The SMILES string of the molecule is N#CCCCCN1CCCCC1C1CCCCC1=O. The molecule has 2 unspecified atom stereocenters. The lowest BCUT2D eigenvalue weighted by atomic mass is 9.79. The second-order valence-electron chi connectivity index (χ2n) is 6.03. The average molecular weight is 262 g/mol. The molecular formula is C16H26N2O. The van der Waals surface area contributed by atoms with Gasteiger partial charge in [0.05, 0.1) is 6.07 Å². The molecule has 0 aromatic rings. The van der Waals surface area contributed by atoms with Crippen LogP contribution >= 0.6 is 0 Å². The third-order valence-corrected chi connectivity index (χ3v) is 4.71. The fraction of sp³-hybridized carbons (Fsp3) is 0.875. The summed E-state index contributed by atoms with van der Waals surface area (Å²) >= 11 is 0. The van der Waals surface area contributed by atoms with Gasteiger partial charge >= 0.3 is 0 Å². The van der Waals surface area contributed by atoms with E-state index < -0.39 is 0 Å². The van der Waals surface area contributed by atoms with E-state index in [-0.39, 0.29) is 0 Å². The first kappa shape index (κ1) is 14.5. The van der Waals surface area contributed by atoms with E-state index in [9.17, 15) is 4.79 Å². The molecule has 1 saturated carbocycles. The largest absolute Gasteiger partial charge is 0.300 e. The zero-order valence-corrected chi connectivity index (χ0v) is 11.9. The number of carbonyl (C=O) groups is 1. The number of ketones is 1. The summed E-state index contributed by atoms with van der Waals surface area (Å²) in [5.74, 6) is 0.824. The highest BCUT2D eigenvalue weighted by molar-refractivity contribution is 5.82. The van der Waals surface area contributed by atoms with E-state index in [2.05, 4.69) is 11.0 Å². The van der Waals surface area contributed by atoms with Crippen LogP contribution in [-0.2, 0) is 4.79 Å². The van der Waals surface area contributed by atoms with E-state index >= 15 is 0 Å². The summed E-state index contributed by atoms with van der Waals surface area (Å²) < 4.78 is 0. The zero-order valence-electron chi connectivity index (χ0n) is 11.9. The van der Waals surface area contributed by atoms with E-state index in [1.165, 1.54) is 25.7 Å². The van der Waals surface area contributed by atoms with Crippen molar-refractivity contribution in [2.45, 2.75) is 70.3 Å². The molecule has 0 spiro atoms. The number of piperidine rings is 1. The molecule has 1 aliphatic carbocycles. The van der Waals surface area contributed by atoms with Crippen molar-refractivity contribution in [3.63, 3.8) is 0 Å². The van der Waals surface area contributed by atoms with Gasteiger partial charge in [-0.05, 0) is 51.6 Å². The molecule has 0 aromatic carbocycles. The standard InChI is InChI=1S/C16H26N2O/c17-11-5-1-6-12-18-13-7-4-9-15(18)14-8-2-3-10-16(14)19/h14-15H,1-10,12-13H2. The van der Waals surface area contributed by atoms with E-state index in [0.717, 1.165) is 45.2 Å². The lowest BCUT2D eigenvalue weighted by Gasteiger charge is -2.41. The smallest absolute Gasteiger partial charge is 0.137 e. The van der Waals surface area contributed by atoms with Gasteiger partial charge in [0.15, 0.2) is 0 Å². The van der Waals surface area contributed by atoms with Crippen LogP contribution in [0.25, 0.3) is 0 Å². The van der Waals surface area contributed by atoms with Gasteiger partial charge in [0.2, 0.25) is 0 Å². The Morgan fingerprint density at radius 1 is 1.16 bits per heavy atom. The lowest BCUT2D eigenvalue weighted by molar-refractivity contribution is -0.127. The van der Waals surface area contributed by atoms with Crippen molar-refractivity contribution < 1.29 is 4.79 Å². The Morgan fingerprint density at radius 2 is 2.00 bits per heavy atom. The van der Waals surface area contributed by atoms with Crippen LogP contribution < -0.4 is 0 Å². The van der Waals surface area contributed by atoms with Crippen molar-refractivity contribution in [1.29, 1.82) is 5.26 Å². The number of carbonyl (C=O) groups excluding carboxylic acids is 1. The lowest BCUT2D eigenvalue weighted by Crippen LogP contribution is -2.47. The Kier molecular flexibility index (Phi) is 5.85. The molecular weight excluding hydrogens is 236 g/mol. The molecule has 3 heteroatoms. The monoisotopic (exact) mass is 262 g/mol. The van der Waals surface area contributed by atoms with Crippen LogP contribution in [0.3, 0.4) is 0 Å². The van der Waals surface area contributed by atoms with Crippen LogP contribution in [0.1, 0.15) is 64.2 Å². The van der Waals surface area contributed by atoms with Gasteiger partial charge in [-0.3, -0.25) is 9.69 Å². The summed E-state index contributed by atoms with van der Waals surface area (Å²) in [6, 6.07) is 2.72. The van der Waals surface area contributed by atoms with Crippen LogP contribution in [0.2, 0.25) is 0 Å². The molecule has 1 saturated heterocycles. The summed E-state index contributed by atoms with van der Waals surface area (Å²) in [4.78, 5) is 14.7. The molecule has 19 heavy (non-hydrogen) atoms. The number of nitrogens with zero attached hydrogens (tertiary/aromatic N) is 2. The fourth-order valence-corrected chi connectivity index (χ4v) is 3.69. The van der Waals surface area contributed by atoms with Crippen molar-refractivity contribution in [1.82, 2.24) is 4.90 Å². The Labute approximate surface area is 117 Å². The van der Waals surface area contributed by atoms with E-state index in [4.69, 9.17) is 5.26 Å². The minimum atomic E-state index is 0.310. The summed E-state index contributed by atoms with van der Waals surface area (Å²) in [6.45, 7) is 2.23. The van der Waals surface area contributed by atoms with Crippen LogP contribution in [0.5, 0.6) is 0 Å². The highest BCUT2D eigenvalue weighted by atomic mass is 16.1. The van der Waals surface area contributed by atoms with Gasteiger partial charge in [0, 0.05) is 24.8 Å². The molecule has 0 radical (unpaired) electrons. The highest BCUT2D eigenvalue weighted by Crippen LogP contribution is 2.31. The number of Topliss-reactive ketones (excluding diaryl/α,β-unsaturated/α-hetero) is 1. The molecule has 0 amide bonds. The zero-order chi connectivity index (χ0) is 13.5. The van der Waals surface area contributed by atoms with Gasteiger partial charge in [-0.2, -0.15) is 5.26 Å². The van der Waals surface area contributed by atoms with Crippen molar-refractivity contribution >= 4 is 5.78 Å². The predicted octanol–water partition coefficient (Wildman–Crippen LogP) is 3.29. The summed E-state index contributed by atoms with van der Waals surface area (Å²) in [5, 5.41) is 8.59. The van der Waals surface area contributed by atoms with Crippen molar-refractivity contribution in [2.24, 2.45) is 5.92 Å². The molecule has 2 atom stereocenters. The maximum Gasteiger partial charge on any atom is 0.137 e. The Hall–Kier alpha value is -0.880. The van der Waals surface area contributed by atoms with E-state index in [0.29, 0.717) is 24.2 Å². The first-order chi connectivity index (χ1) is 9.33. The number of nitriles is 1. The minimum absolute atomic E-state index is 0.310. The first-order valence-electron chi connectivity index (χ1n) is 7.96. The Morgan fingerprint density at radius 3 is 2.79 bits per heavy atom. The van der Waals surface area contributed by atoms with Gasteiger partial charge in [-0.1, -0.05) is 12.8 Å². The molecule has 3 nitrogen and oxygen atoms in total. The van der Waals surface area contributed by atoms with Gasteiger partial charge < -0.3 is 0 Å². The summed E-state index contributed by atoms with van der Waals surface area (Å²) in [5.41, 5.74) is 0. The van der Waals surface area contributed by atoms with Crippen molar-refractivity contribution in [3.05, 3.63) is 0 Å². The second kappa shape index (κ2) is 7.65. The molecule has 106 valence electrons. The summed E-state index contributed by atoms with van der Waals surface area (Å²) in [7, 11) is 0. The second-order valence-corrected chi connectivity index (χ2v) is 6.03. The van der Waals surface area contributed by atoms with Crippen LogP contribution in [-0.4, -0.2) is 29.8 Å². The van der Waals surface area contributed by atoms with Crippen LogP contribution in [0, 0.1) is 17.2 Å². The molecule has 2 rings (SSSR count). The maximum absolute atomic E-state index is 12.1. The Bertz CT molecular complexity index is 334. The van der Waals surface area contributed by atoms with Crippen LogP contribution in [0.4, 0.5) is 0 Å². The van der Waals surface area contributed by atoms with Gasteiger partial charge in [0.25, 0.3) is 0 Å². The van der Waals surface area contributed by atoms with E-state index in [1.54, 1.807) is 0 Å². The molecule has 0 N–H and O–H groups in total. The predicted molar refractivity (Wildman–Crippen MR) is 75.6 cm³/mol. The molecule has 0 aromatic heterocycles. The normalized spacial score (nSPS) is 29.1. The number of unbranched alkanes of at least 4 members (excludes halogenated alkanes) is 2. The summed E-state index contributed by atoms with van der Waals surface area (Å²) in [6.07, 6.45) is 10.8. The molecule has 0 bridgehead atoms. The number of hydrogen-bond acceptors (Lipinski definition) is 3. The maximum atomic E-state index is 12.1. The average Bonchev–Trinajstić information content (AvgIpc) is 2.45. The van der Waals surface area contributed by atoms with Gasteiger partial charge in [0.1, 0.15) is 5.78 Å². The fourth-order valence-electron chi connectivity index (χ4n) is 3.69. The molecule has 2 aliphatic rings. The quantitative estimate of drug-likeness (QED) is 0.714. The van der Waals surface area contributed by atoms with Gasteiger partial charge in [-0.15, -0.1) is 0 Å².